The van der Waals surface area contributed by atoms with E-state index >= 15 is 0 Å². The van der Waals surface area contributed by atoms with Crippen LogP contribution in [-0.2, 0) is 4.79 Å². The third-order valence-electron chi connectivity index (χ3n) is 0.216. The molecule has 0 aliphatic heterocycles. The highest BCUT2D eigenvalue weighted by Crippen LogP contribution is 1.97. The predicted molar refractivity (Wildman–Crippen MR) is 28.3 cm³/mol. The molecule has 0 bridgehead atoms. The molecule has 0 aliphatic rings. The summed E-state index contributed by atoms with van der Waals surface area (Å²) in [6.07, 6.45) is 1.21. The smallest absolute Gasteiger partial charge is 0.125 e. The lowest BCUT2D eigenvalue weighted by atomic mass is 10.6. The van der Waals surface area contributed by atoms with Gasteiger partial charge < -0.3 is 0 Å². The first-order valence-corrected chi connectivity index (χ1v) is 2.12. The van der Waals surface area contributed by atoms with Crippen molar-refractivity contribution in [1.82, 2.24) is 0 Å². The van der Waals surface area contributed by atoms with Gasteiger partial charge in [0.25, 0.3) is 0 Å². The molecule has 0 heterocycles. The second-order valence-corrected chi connectivity index (χ2v) is 1.73. The molecule has 6 heavy (non-hydrogen) atoms. The third kappa shape index (κ3) is 3.67. The molecule has 0 radical (unpaired) electrons. The highest BCUT2D eigenvalue weighted by atomic mass is 79.9. The SMILES string of the molecule is C=C(Br)C=C=O. The van der Waals surface area contributed by atoms with E-state index in [4.69, 9.17) is 0 Å². The van der Waals surface area contributed by atoms with Crippen LogP contribution in [0.3, 0.4) is 0 Å². The fraction of sp³-hybridized carbons (Fsp3) is 0. The zero-order valence-corrected chi connectivity index (χ0v) is 4.66. The van der Waals surface area contributed by atoms with Gasteiger partial charge >= 0.3 is 0 Å². The van der Waals surface area contributed by atoms with Gasteiger partial charge in [0.1, 0.15) is 5.94 Å². The topological polar surface area (TPSA) is 17.1 Å². The Balaban J connectivity index is 3.60. The zero-order valence-electron chi connectivity index (χ0n) is 3.07. The lowest BCUT2D eigenvalue weighted by molar-refractivity contribution is 0.569. The van der Waals surface area contributed by atoms with Gasteiger partial charge in [-0.3, -0.25) is 0 Å². The molecular formula is C4H3BrO. The molecule has 0 N–H and O–H groups in total. The van der Waals surface area contributed by atoms with Crippen molar-refractivity contribution in [1.29, 1.82) is 0 Å². The standard InChI is InChI=1S/C4H3BrO/c1-4(5)2-3-6/h2H,1H2. The minimum absolute atomic E-state index is 0.553. The van der Waals surface area contributed by atoms with Crippen LogP contribution in [-0.4, -0.2) is 5.94 Å². The summed E-state index contributed by atoms with van der Waals surface area (Å²) in [6, 6.07) is 0. The fourth-order valence-electron chi connectivity index (χ4n) is 0.0639. The maximum Gasteiger partial charge on any atom is 0.125 e. The molecule has 0 fully saturated rings. The van der Waals surface area contributed by atoms with E-state index in [1.807, 2.05) is 0 Å². The molecule has 0 amide bonds. The van der Waals surface area contributed by atoms with Gasteiger partial charge in [0.15, 0.2) is 0 Å². The third-order valence-corrected chi connectivity index (χ3v) is 0.444. The second kappa shape index (κ2) is 2.88. The van der Waals surface area contributed by atoms with Crippen LogP contribution in [0.25, 0.3) is 0 Å². The van der Waals surface area contributed by atoms with Crippen LogP contribution >= 0.6 is 15.9 Å². The van der Waals surface area contributed by atoms with E-state index in [0.717, 1.165) is 0 Å². The molecule has 0 aromatic carbocycles. The maximum absolute atomic E-state index is 9.34. The number of hydrogen-bond donors (Lipinski definition) is 0. The van der Waals surface area contributed by atoms with Crippen molar-refractivity contribution >= 4 is 21.9 Å². The summed E-state index contributed by atoms with van der Waals surface area (Å²) in [5.41, 5.74) is 0. The summed E-state index contributed by atoms with van der Waals surface area (Å²) < 4.78 is 0.553. The van der Waals surface area contributed by atoms with Gasteiger partial charge in [0.05, 0.1) is 0 Å². The highest BCUT2D eigenvalue weighted by Gasteiger charge is 1.68. The van der Waals surface area contributed by atoms with Crippen molar-refractivity contribution in [2.75, 3.05) is 0 Å². The molecule has 0 aromatic heterocycles. The fourth-order valence-corrected chi connectivity index (χ4v) is 0.157. The molecule has 0 spiro atoms. The van der Waals surface area contributed by atoms with Crippen LogP contribution < -0.4 is 0 Å². The Kier molecular flexibility index (Phi) is 2.73. The second-order valence-electron chi connectivity index (χ2n) is 0.709. The van der Waals surface area contributed by atoms with Crippen molar-refractivity contribution in [3.63, 3.8) is 0 Å². The Morgan fingerprint density at radius 1 is 2.00 bits per heavy atom. The van der Waals surface area contributed by atoms with E-state index in [2.05, 4.69) is 22.5 Å². The number of allylic oxidation sites excluding steroid dienone is 2. The number of halogens is 1. The quantitative estimate of drug-likeness (QED) is 0.403. The molecule has 0 aromatic rings. The molecule has 0 atom stereocenters. The Bertz CT molecular complexity index is 100. The zero-order chi connectivity index (χ0) is 4.99. The van der Waals surface area contributed by atoms with Crippen LogP contribution in [0.1, 0.15) is 0 Å². The van der Waals surface area contributed by atoms with Crippen LogP contribution in [0.2, 0.25) is 0 Å². The van der Waals surface area contributed by atoms with Gasteiger partial charge in [-0.1, -0.05) is 22.5 Å². The normalized spacial score (nSPS) is 6.17. The average Bonchev–Trinajstić information content (AvgIpc) is 1.35. The van der Waals surface area contributed by atoms with Gasteiger partial charge in [-0.25, -0.2) is 4.79 Å². The lowest BCUT2D eigenvalue weighted by Crippen LogP contribution is -1.50. The Morgan fingerprint density at radius 3 is 2.50 bits per heavy atom. The Morgan fingerprint density at radius 2 is 2.50 bits per heavy atom. The van der Waals surface area contributed by atoms with Gasteiger partial charge in [-0.05, 0) is 0 Å². The molecule has 0 unspecified atom stereocenters. The van der Waals surface area contributed by atoms with Crippen LogP contribution in [0.15, 0.2) is 17.1 Å². The summed E-state index contributed by atoms with van der Waals surface area (Å²) in [7, 11) is 0. The Hall–Kier alpha value is -0.330. The highest BCUT2D eigenvalue weighted by molar-refractivity contribution is 9.11. The van der Waals surface area contributed by atoms with E-state index in [0.29, 0.717) is 4.48 Å². The monoisotopic (exact) mass is 146 g/mol. The molecule has 32 valence electrons. The maximum atomic E-state index is 9.34. The average molecular weight is 147 g/mol. The first kappa shape index (κ1) is 5.67. The van der Waals surface area contributed by atoms with Crippen LogP contribution in [0.4, 0.5) is 0 Å². The van der Waals surface area contributed by atoms with E-state index in [-0.39, 0.29) is 0 Å². The van der Waals surface area contributed by atoms with E-state index in [1.54, 1.807) is 5.94 Å². The molecule has 0 aliphatic carbocycles. The first-order valence-electron chi connectivity index (χ1n) is 1.32. The summed E-state index contributed by atoms with van der Waals surface area (Å²) in [5, 5.41) is 0. The summed E-state index contributed by atoms with van der Waals surface area (Å²) in [5.74, 6) is 1.55. The van der Waals surface area contributed by atoms with Gasteiger partial charge in [-0.15, -0.1) is 0 Å². The van der Waals surface area contributed by atoms with Crippen molar-refractivity contribution in [2.45, 2.75) is 0 Å². The Labute approximate surface area is 44.5 Å². The minimum Gasteiger partial charge on any atom is -0.233 e. The molecule has 0 saturated carbocycles. The minimum atomic E-state index is 0.553. The predicted octanol–water partition coefficient (Wildman–Crippen LogP) is 1.28. The summed E-state index contributed by atoms with van der Waals surface area (Å²) in [6.45, 7) is 3.34. The molecule has 0 rings (SSSR count). The first-order chi connectivity index (χ1) is 2.77. The number of hydrogen-bond acceptors (Lipinski definition) is 1. The lowest BCUT2D eigenvalue weighted by Gasteiger charge is -1.66. The van der Waals surface area contributed by atoms with Crippen molar-refractivity contribution in [3.8, 4) is 0 Å². The van der Waals surface area contributed by atoms with Gasteiger partial charge in [-0.2, -0.15) is 0 Å². The van der Waals surface area contributed by atoms with E-state index < -0.39 is 0 Å². The van der Waals surface area contributed by atoms with Crippen LogP contribution in [0.5, 0.6) is 0 Å². The number of rotatable bonds is 1. The van der Waals surface area contributed by atoms with E-state index in [1.165, 1.54) is 6.08 Å². The number of carbonyl (C=O) groups excluding carboxylic acids is 1. The van der Waals surface area contributed by atoms with Gasteiger partial charge in [0, 0.05) is 10.6 Å². The van der Waals surface area contributed by atoms with E-state index in [9.17, 15) is 4.79 Å². The molecule has 0 saturated heterocycles. The van der Waals surface area contributed by atoms with Crippen molar-refractivity contribution in [3.05, 3.63) is 17.1 Å². The van der Waals surface area contributed by atoms with Crippen LogP contribution in [0, 0.1) is 0 Å². The molecule has 1 nitrogen and oxygen atoms in total. The summed E-state index contributed by atoms with van der Waals surface area (Å²) in [4.78, 5) is 9.34. The molecule has 2 heteroatoms. The van der Waals surface area contributed by atoms with Crippen molar-refractivity contribution < 1.29 is 4.79 Å². The van der Waals surface area contributed by atoms with Gasteiger partial charge in [0.2, 0.25) is 0 Å². The van der Waals surface area contributed by atoms with Crippen molar-refractivity contribution in [2.24, 2.45) is 0 Å². The molecular weight excluding hydrogens is 144 g/mol. The summed E-state index contributed by atoms with van der Waals surface area (Å²) >= 11 is 2.92. The largest absolute Gasteiger partial charge is 0.233 e.